The van der Waals surface area contributed by atoms with Crippen LogP contribution in [0.15, 0.2) is 24.3 Å². The van der Waals surface area contributed by atoms with Crippen LogP contribution in [-0.2, 0) is 4.79 Å². The zero-order valence-electron chi connectivity index (χ0n) is 15.9. The number of piperazine rings is 1. The number of nitrogens with one attached hydrogen (secondary N) is 1. The number of nitrogens with zero attached hydrogens (tertiary/aromatic N) is 2. The molecule has 0 unspecified atom stereocenters. The molecule has 0 aromatic heterocycles. The highest BCUT2D eigenvalue weighted by atomic mass is 16.2. The van der Waals surface area contributed by atoms with Crippen molar-refractivity contribution in [1.29, 1.82) is 0 Å². The van der Waals surface area contributed by atoms with Crippen LogP contribution in [0, 0.1) is 5.92 Å². The number of benzene rings is 1. The van der Waals surface area contributed by atoms with Crippen LogP contribution in [0.1, 0.15) is 50.8 Å². The van der Waals surface area contributed by atoms with Crippen LogP contribution in [-0.4, -0.2) is 55.5 Å². The Kier molecular flexibility index (Phi) is 6.81. The van der Waals surface area contributed by atoms with E-state index < -0.39 is 0 Å². The predicted octanol–water partition coefficient (Wildman–Crippen LogP) is 2.87. The van der Waals surface area contributed by atoms with Crippen molar-refractivity contribution in [1.82, 2.24) is 15.1 Å². The molecule has 1 amide bonds. The Balaban J connectivity index is 1.96. The number of hydrogen-bond donors (Lipinski definition) is 1. The first kappa shape index (κ1) is 18.9. The average Bonchev–Trinajstić information content (AvgIpc) is 2.54. The summed E-state index contributed by atoms with van der Waals surface area (Å²) in [4.78, 5) is 17.0. The van der Waals surface area contributed by atoms with Gasteiger partial charge in [0.15, 0.2) is 0 Å². The number of amides is 1. The van der Waals surface area contributed by atoms with E-state index in [4.69, 9.17) is 0 Å². The second kappa shape index (κ2) is 8.63. The summed E-state index contributed by atoms with van der Waals surface area (Å²) in [6, 6.07) is 8.77. The molecule has 1 aromatic carbocycles. The number of rotatable bonds is 6. The van der Waals surface area contributed by atoms with E-state index in [0.29, 0.717) is 18.4 Å². The lowest BCUT2D eigenvalue weighted by Gasteiger charge is -2.32. The molecule has 1 aliphatic rings. The minimum atomic E-state index is 0.0752. The summed E-state index contributed by atoms with van der Waals surface area (Å²) in [7, 11) is 2.13. The number of likely N-dealkylation sites (N-methyl/N-ethyl adjacent to an activating group) is 1. The van der Waals surface area contributed by atoms with Crippen LogP contribution in [0.2, 0.25) is 0 Å². The van der Waals surface area contributed by atoms with E-state index in [1.54, 1.807) is 0 Å². The Bertz CT molecular complexity index is 516. The Morgan fingerprint density at radius 3 is 2.04 bits per heavy atom. The van der Waals surface area contributed by atoms with Crippen molar-refractivity contribution in [2.45, 2.75) is 39.7 Å². The van der Waals surface area contributed by atoms with E-state index in [0.717, 1.165) is 26.2 Å². The summed E-state index contributed by atoms with van der Waals surface area (Å²) in [6.45, 7) is 13.3. The third-order valence-corrected chi connectivity index (χ3v) is 4.91. The van der Waals surface area contributed by atoms with Crippen LogP contribution < -0.4 is 5.32 Å². The monoisotopic (exact) mass is 331 g/mol. The molecule has 1 saturated heterocycles. The molecule has 0 aliphatic carbocycles. The molecule has 4 heteroatoms. The first-order chi connectivity index (χ1) is 11.4. The highest BCUT2D eigenvalue weighted by Gasteiger charge is 2.21. The van der Waals surface area contributed by atoms with E-state index >= 15 is 0 Å². The summed E-state index contributed by atoms with van der Waals surface area (Å²) in [5, 5.41) is 3.25. The molecular weight excluding hydrogens is 298 g/mol. The maximum atomic E-state index is 12.5. The third-order valence-electron chi connectivity index (χ3n) is 4.91. The topological polar surface area (TPSA) is 35.6 Å². The smallest absolute Gasteiger partial charge is 0.234 e. The van der Waals surface area contributed by atoms with Crippen LogP contribution in [0.3, 0.4) is 0 Å². The predicted molar refractivity (Wildman–Crippen MR) is 100 cm³/mol. The maximum absolute atomic E-state index is 12.5. The molecule has 4 nitrogen and oxygen atoms in total. The summed E-state index contributed by atoms with van der Waals surface area (Å²) in [5.41, 5.74) is 2.53. The Morgan fingerprint density at radius 1 is 1.00 bits per heavy atom. The minimum Gasteiger partial charge on any atom is -0.348 e. The van der Waals surface area contributed by atoms with Crippen LogP contribution in [0.25, 0.3) is 0 Å². The molecule has 0 bridgehead atoms. The van der Waals surface area contributed by atoms with Gasteiger partial charge in [-0.15, -0.1) is 0 Å². The Morgan fingerprint density at radius 2 is 1.54 bits per heavy atom. The highest BCUT2D eigenvalue weighted by molar-refractivity contribution is 5.78. The van der Waals surface area contributed by atoms with Gasteiger partial charge in [0.05, 0.1) is 12.6 Å². The van der Waals surface area contributed by atoms with Gasteiger partial charge in [-0.25, -0.2) is 0 Å². The normalized spacial score (nSPS) is 18.1. The van der Waals surface area contributed by atoms with Gasteiger partial charge in [0.25, 0.3) is 0 Å². The fourth-order valence-corrected chi connectivity index (χ4v) is 3.15. The van der Waals surface area contributed by atoms with Crippen molar-refractivity contribution in [3.8, 4) is 0 Å². The molecule has 134 valence electrons. The summed E-state index contributed by atoms with van der Waals surface area (Å²) in [5.74, 6) is 1.03. The lowest BCUT2D eigenvalue weighted by atomic mass is 9.93. The van der Waals surface area contributed by atoms with Crippen molar-refractivity contribution < 1.29 is 4.79 Å². The van der Waals surface area contributed by atoms with E-state index in [2.05, 4.69) is 74.1 Å². The van der Waals surface area contributed by atoms with Gasteiger partial charge in [0.1, 0.15) is 0 Å². The maximum Gasteiger partial charge on any atom is 0.234 e. The first-order valence-electron chi connectivity index (χ1n) is 9.17. The van der Waals surface area contributed by atoms with Gasteiger partial charge in [-0.3, -0.25) is 9.69 Å². The van der Waals surface area contributed by atoms with Crippen LogP contribution >= 0.6 is 0 Å². The largest absolute Gasteiger partial charge is 0.348 e. The molecule has 24 heavy (non-hydrogen) atoms. The zero-order chi connectivity index (χ0) is 17.7. The summed E-state index contributed by atoms with van der Waals surface area (Å²) >= 11 is 0. The number of hydrogen-bond acceptors (Lipinski definition) is 3. The first-order valence-corrected chi connectivity index (χ1v) is 9.17. The molecule has 1 aromatic rings. The van der Waals surface area contributed by atoms with Gasteiger partial charge < -0.3 is 10.2 Å². The minimum absolute atomic E-state index is 0.0752. The van der Waals surface area contributed by atoms with E-state index in [1.807, 2.05) is 0 Å². The number of carbonyl (C=O) groups is 1. The van der Waals surface area contributed by atoms with Gasteiger partial charge in [0.2, 0.25) is 5.91 Å². The second-order valence-electron chi connectivity index (χ2n) is 7.69. The molecule has 1 atom stereocenters. The van der Waals surface area contributed by atoms with Crippen LogP contribution in [0.5, 0.6) is 0 Å². The quantitative estimate of drug-likeness (QED) is 0.871. The van der Waals surface area contributed by atoms with Crippen molar-refractivity contribution in [3.05, 3.63) is 35.4 Å². The SMILES string of the molecule is CC(C)c1ccc([C@H](NC(=O)CN2CCN(C)CC2)C(C)C)cc1. The molecule has 0 saturated carbocycles. The fraction of sp³-hybridized carbons (Fsp3) is 0.650. The van der Waals surface area contributed by atoms with Crippen molar-refractivity contribution in [2.24, 2.45) is 5.92 Å². The summed E-state index contributed by atoms with van der Waals surface area (Å²) in [6.07, 6.45) is 0. The third kappa shape index (κ3) is 5.32. The molecule has 0 radical (unpaired) electrons. The van der Waals surface area contributed by atoms with Gasteiger partial charge in [0, 0.05) is 26.2 Å². The molecule has 1 heterocycles. The molecule has 0 spiro atoms. The van der Waals surface area contributed by atoms with Gasteiger partial charge in [-0.1, -0.05) is 52.0 Å². The van der Waals surface area contributed by atoms with Gasteiger partial charge in [-0.05, 0) is 30.0 Å². The zero-order valence-corrected chi connectivity index (χ0v) is 15.9. The average molecular weight is 332 g/mol. The Labute approximate surface area is 147 Å². The van der Waals surface area contributed by atoms with Gasteiger partial charge in [-0.2, -0.15) is 0 Å². The van der Waals surface area contributed by atoms with Crippen LogP contribution in [0.4, 0.5) is 0 Å². The standard InChI is InChI=1S/C20H33N3O/c1-15(2)17-6-8-18(9-7-17)20(16(3)4)21-19(24)14-23-12-10-22(5)11-13-23/h6-9,15-16,20H,10-14H2,1-5H3,(H,21,24)/t20-/m1/s1. The Hall–Kier alpha value is -1.39. The van der Waals surface area contributed by atoms with E-state index in [-0.39, 0.29) is 11.9 Å². The molecule has 1 aliphatic heterocycles. The lowest BCUT2D eigenvalue weighted by molar-refractivity contribution is -0.123. The van der Waals surface area contributed by atoms with Crippen molar-refractivity contribution in [2.75, 3.05) is 39.8 Å². The molecule has 1 N–H and O–H groups in total. The highest BCUT2D eigenvalue weighted by Crippen LogP contribution is 2.24. The second-order valence-corrected chi connectivity index (χ2v) is 7.69. The van der Waals surface area contributed by atoms with Crippen molar-refractivity contribution >= 4 is 5.91 Å². The van der Waals surface area contributed by atoms with Gasteiger partial charge >= 0.3 is 0 Å². The number of carbonyl (C=O) groups excluding carboxylic acids is 1. The molecular formula is C20H33N3O. The fourth-order valence-electron chi connectivity index (χ4n) is 3.15. The lowest BCUT2D eigenvalue weighted by Crippen LogP contribution is -2.48. The van der Waals surface area contributed by atoms with E-state index in [1.165, 1.54) is 11.1 Å². The summed E-state index contributed by atoms with van der Waals surface area (Å²) < 4.78 is 0. The van der Waals surface area contributed by atoms with Crippen molar-refractivity contribution in [3.63, 3.8) is 0 Å². The molecule has 1 fully saturated rings. The molecule has 2 rings (SSSR count). The van der Waals surface area contributed by atoms with E-state index in [9.17, 15) is 4.79 Å².